The standard InChI is InChI=1S/C11H14BrNO3/c1-13(5-6-16-2)10-7-8(12)3-4-9(10)11(14)15/h3-4,7H,5-6H2,1-2H3,(H,14,15). The van der Waals surface area contributed by atoms with Crippen molar-refractivity contribution in [3.63, 3.8) is 0 Å². The monoisotopic (exact) mass is 287 g/mol. The average molecular weight is 288 g/mol. The third-order valence-electron chi connectivity index (χ3n) is 2.23. The van der Waals surface area contributed by atoms with Crippen LogP contribution in [0.15, 0.2) is 22.7 Å². The van der Waals surface area contributed by atoms with E-state index in [1.165, 1.54) is 0 Å². The lowest BCUT2D eigenvalue weighted by molar-refractivity contribution is 0.0697. The van der Waals surface area contributed by atoms with E-state index in [0.29, 0.717) is 24.4 Å². The molecule has 0 amide bonds. The van der Waals surface area contributed by atoms with Crippen LogP contribution in [0.2, 0.25) is 0 Å². The number of likely N-dealkylation sites (N-methyl/N-ethyl adjacent to an activating group) is 1. The lowest BCUT2D eigenvalue weighted by Gasteiger charge is -2.21. The maximum atomic E-state index is 11.0. The number of ether oxygens (including phenoxy) is 1. The lowest BCUT2D eigenvalue weighted by Crippen LogP contribution is -2.24. The Kier molecular flexibility index (Phi) is 4.76. The molecule has 0 bridgehead atoms. The predicted molar refractivity (Wildman–Crippen MR) is 66.2 cm³/mol. The molecule has 0 aliphatic carbocycles. The number of carboxylic acids is 1. The van der Waals surface area contributed by atoms with Crippen LogP contribution in [-0.2, 0) is 4.74 Å². The van der Waals surface area contributed by atoms with E-state index >= 15 is 0 Å². The number of anilines is 1. The van der Waals surface area contributed by atoms with Crippen LogP contribution in [0.5, 0.6) is 0 Å². The van der Waals surface area contributed by atoms with Crippen molar-refractivity contribution < 1.29 is 14.6 Å². The third-order valence-corrected chi connectivity index (χ3v) is 2.73. The summed E-state index contributed by atoms with van der Waals surface area (Å²) >= 11 is 3.33. The average Bonchev–Trinajstić information content (AvgIpc) is 2.25. The van der Waals surface area contributed by atoms with Crippen LogP contribution in [0.1, 0.15) is 10.4 Å². The Balaban J connectivity index is 2.99. The lowest BCUT2D eigenvalue weighted by atomic mass is 10.1. The van der Waals surface area contributed by atoms with E-state index in [1.54, 1.807) is 25.3 Å². The summed E-state index contributed by atoms with van der Waals surface area (Å²) in [5.74, 6) is -0.924. The Morgan fingerprint density at radius 2 is 2.25 bits per heavy atom. The largest absolute Gasteiger partial charge is 0.478 e. The van der Waals surface area contributed by atoms with Gasteiger partial charge >= 0.3 is 5.97 Å². The zero-order chi connectivity index (χ0) is 12.1. The highest BCUT2D eigenvalue weighted by Crippen LogP contribution is 2.24. The van der Waals surface area contributed by atoms with Gasteiger partial charge in [0.05, 0.1) is 17.9 Å². The molecule has 88 valence electrons. The number of carbonyl (C=O) groups is 1. The maximum absolute atomic E-state index is 11.0. The van der Waals surface area contributed by atoms with E-state index < -0.39 is 5.97 Å². The minimum absolute atomic E-state index is 0.293. The van der Waals surface area contributed by atoms with Gasteiger partial charge in [-0.3, -0.25) is 0 Å². The fourth-order valence-corrected chi connectivity index (χ4v) is 1.70. The molecule has 1 aromatic carbocycles. The SMILES string of the molecule is COCCN(C)c1cc(Br)ccc1C(=O)O. The van der Waals surface area contributed by atoms with E-state index in [2.05, 4.69) is 15.9 Å². The van der Waals surface area contributed by atoms with Gasteiger partial charge in [-0.2, -0.15) is 0 Å². The fourth-order valence-electron chi connectivity index (χ4n) is 1.35. The van der Waals surface area contributed by atoms with Crippen molar-refractivity contribution in [2.24, 2.45) is 0 Å². The Hall–Kier alpha value is -1.07. The second kappa shape index (κ2) is 5.86. The van der Waals surface area contributed by atoms with Gasteiger partial charge < -0.3 is 14.7 Å². The van der Waals surface area contributed by atoms with Crippen molar-refractivity contribution in [3.8, 4) is 0 Å². The molecular formula is C11H14BrNO3. The molecule has 0 spiro atoms. The highest BCUT2D eigenvalue weighted by molar-refractivity contribution is 9.10. The minimum atomic E-state index is -0.924. The summed E-state index contributed by atoms with van der Waals surface area (Å²) in [7, 11) is 3.46. The van der Waals surface area contributed by atoms with E-state index in [0.717, 1.165) is 4.47 Å². The number of methoxy groups -OCH3 is 1. The van der Waals surface area contributed by atoms with Crippen molar-refractivity contribution in [1.29, 1.82) is 0 Å². The Morgan fingerprint density at radius 3 is 2.81 bits per heavy atom. The second-order valence-corrected chi connectivity index (χ2v) is 4.30. The summed E-state index contributed by atoms with van der Waals surface area (Å²) < 4.78 is 5.82. The highest BCUT2D eigenvalue weighted by atomic mass is 79.9. The van der Waals surface area contributed by atoms with Crippen LogP contribution >= 0.6 is 15.9 Å². The number of carboxylic acid groups (broad SMARTS) is 1. The Morgan fingerprint density at radius 1 is 1.56 bits per heavy atom. The molecule has 1 rings (SSSR count). The molecule has 1 N–H and O–H groups in total. The van der Waals surface area contributed by atoms with E-state index in [9.17, 15) is 4.79 Å². The van der Waals surface area contributed by atoms with E-state index in [1.807, 2.05) is 11.9 Å². The summed E-state index contributed by atoms with van der Waals surface area (Å²) in [6, 6.07) is 5.10. The highest BCUT2D eigenvalue weighted by Gasteiger charge is 2.13. The number of halogens is 1. The summed E-state index contributed by atoms with van der Waals surface area (Å²) in [6.07, 6.45) is 0. The second-order valence-electron chi connectivity index (χ2n) is 3.38. The van der Waals surface area contributed by atoms with Gasteiger partial charge in [-0.05, 0) is 18.2 Å². The number of benzene rings is 1. The molecule has 0 saturated heterocycles. The van der Waals surface area contributed by atoms with Crippen molar-refractivity contribution >= 4 is 27.6 Å². The van der Waals surface area contributed by atoms with Gasteiger partial charge in [-0.1, -0.05) is 15.9 Å². The molecule has 0 heterocycles. The molecule has 4 nitrogen and oxygen atoms in total. The quantitative estimate of drug-likeness (QED) is 0.902. The first-order valence-electron chi connectivity index (χ1n) is 4.79. The predicted octanol–water partition coefficient (Wildman–Crippen LogP) is 2.23. The first kappa shape index (κ1) is 13.0. The van der Waals surface area contributed by atoms with Gasteiger partial charge in [0.25, 0.3) is 0 Å². The number of hydrogen-bond donors (Lipinski definition) is 1. The molecule has 0 aromatic heterocycles. The summed E-state index contributed by atoms with van der Waals surface area (Å²) in [5.41, 5.74) is 0.973. The minimum Gasteiger partial charge on any atom is -0.478 e. The number of hydrogen-bond acceptors (Lipinski definition) is 3. The molecule has 0 radical (unpaired) electrons. The van der Waals surface area contributed by atoms with Gasteiger partial charge in [0.2, 0.25) is 0 Å². The summed E-state index contributed by atoms with van der Waals surface area (Å²) in [6.45, 7) is 1.20. The number of rotatable bonds is 5. The summed E-state index contributed by atoms with van der Waals surface area (Å²) in [5, 5.41) is 9.06. The molecule has 0 fully saturated rings. The van der Waals surface area contributed by atoms with Gasteiger partial charge in [0, 0.05) is 25.2 Å². The zero-order valence-electron chi connectivity index (χ0n) is 9.24. The van der Waals surface area contributed by atoms with Gasteiger partial charge in [0.15, 0.2) is 0 Å². The van der Waals surface area contributed by atoms with Crippen LogP contribution in [0.4, 0.5) is 5.69 Å². The number of nitrogens with zero attached hydrogens (tertiary/aromatic N) is 1. The van der Waals surface area contributed by atoms with Crippen molar-refractivity contribution in [3.05, 3.63) is 28.2 Å². The zero-order valence-corrected chi connectivity index (χ0v) is 10.8. The van der Waals surface area contributed by atoms with E-state index in [-0.39, 0.29) is 0 Å². The van der Waals surface area contributed by atoms with Crippen molar-refractivity contribution in [1.82, 2.24) is 0 Å². The van der Waals surface area contributed by atoms with Crippen LogP contribution in [-0.4, -0.2) is 38.4 Å². The van der Waals surface area contributed by atoms with Gasteiger partial charge in [-0.15, -0.1) is 0 Å². The normalized spacial score (nSPS) is 10.2. The molecule has 16 heavy (non-hydrogen) atoms. The first-order chi connectivity index (χ1) is 7.56. The third kappa shape index (κ3) is 3.21. The number of aromatic carboxylic acids is 1. The van der Waals surface area contributed by atoms with Crippen molar-refractivity contribution in [2.75, 3.05) is 32.2 Å². The van der Waals surface area contributed by atoms with Gasteiger partial charge in [-0.25, -0.2) is 4.79 Å². The van der Waals surface area contributed by atoms with Crippen LogP contribution < -0.4 is 4.90 Å². The van der Waals surface area contributed by atoms with Crippen LogP contribution in [0.3, 0.4) is 0 Å². The molecule has 0 unspecified atom stereocenters. The Bertz CT molecular complexity index is 381. The van der Waals surface area contributed by atoms with Gasteiger partial charge in [0.1, 0.15) is 0 Å². The molecule has 1 aromatic rings. The fraction of sp³-hybridized carbons (Fsp3) is 0.364. The molecule has 0 aliphatic rings. The smallest absolute Gasteiger partial charge is 0.337 e. The van der Waals surface area contributed by atoms with Crippen LogP contribution in [0, 0.1) is 0 Å². The van der Waals surface area contributed by atoms with Crippen molar-refractivity contribution in [2.45, 2.75) is 0 Å². The molecular weight excluding hydrogens is 274 g/mol. The first-order valence-corrected chi connectivity index (χ1v) is 5.58. The topological polar surface area (TPSA) is 49.8 Å². The maximum Gasteiger partial charge on any atom is 0.337 e. The Labute approximate surface area is 103 Å². The van der Waals surface area contributed by atoms with Crippen LogP contribution in [0.25, 0.3) is 0 Å². The molecule has 0 aliphatic heterocycles. The van der Waals surface area contributed by atoms with E-state index in [4.69, 9.17) is 9.84 Å². The molecule has 5 heteroatoms. The molecule has 0 atom stereocenters. The summed E-state index contributed by atoms with van der Waals surface area (Å²) in [4.78, 5) is 12.9. The molecule has 0 saturated carbocycles.